The van der Waals surface area contributed by atoms with Gasteiger partial charge in [-0.25, -0.2) is 4.98 Å². The lowest BCUT2D eigenvalue weighted by atomic mass is 10.2. The lowest BCUT2D eigenvalue weighted by Crippen LogP contribution is -2.52. The van der Waals surface area contributed by atoms with Crippen LogP contribution in [0.2, 0.25) is 0 Å². The Bertz CT molecular complexity index is 442. The predicted molar refractivity (Wildman–Crippen MR) is 78.6 cm³/mol. The van der Waals surface area contributed by atoms with Crippen LogP contribution in [0.5, 0.6) is 0 Å². The Morgan fingerprint density at radius 3 is 2.80 bits per heavy atom. The molecule has 5 heteroatoms. The Kier molecular flexibility index (Phi) is 5.12. The number of pyridine rings is 1. The van der Waals surface area contributed by atoms with E-state index in [1.54, 1.807) is 12.3 Å². The van der Waals surface area contributed by atoms with E-state index in [0.29, 0.717) is 0 Å². The normalized spacial score (nSPS) is 17.6. The van der Waals surface area contributed by atoms with Crippen LogP contribution in [-0.2, 0) is 9.53 Å². The average molecular weight is 275 g/mol. The van der Waals surface area contributed by atoms with Gasteiger partial charge in [0.1, 0.15) is 18.5 Å². The lowest BCUT2D eigenvalue weighted by Gasteiger charge is -2.37. The molecule has 0 radical (unpaired) electrons. The van der Waals surface area contributed by atoms with Gasteiger partial charge in [-0.15, -0.1) is 0 Å². The van der Waals surface area contributed by atoms with E-state index in [0.717, 1.165) is 32.0 Å². The summed E-state index contributed by atoms with van der Waals surface area (Å²) < 4.78 is 5.09. The van der Waals surface area contributed by atoms with Crippen LogP contribution in [0, 0.1) is 0 Å². The minimum Gasteiger partial charge on any atom is -0.460 e. The first-order chi connectivity index (χ1) is 9.72. The van der Waals surface area contributed by atoms with Crippen molar-refractivity contribution in [3.8, 4) is 0 Å². The van der Waals surface area contributed by atoms with Gasteiger partial charge < -0.3 is 9.64 Å². The number of hydrogen-bond acceptors (Lipinski definition) is 5. The molecule has 1 unspecified atom stereocenters. The first kappa shape index (κ1) is 14.5. The zero-order valence-corrected chi connectivity index (χ0v) is 11.9. The van der Waals surface area contributed by atoms with Crippen molar-refractivity contribution >= 4 is 11.8 Å². The topological polar surface area (TPSA) is 45.7 Å². The SMILES string of the molecule is C=CCOC(=O)C(C)N1CCN(c2ccccn2)CC1. The van der Waals surface area contributed by atoms with Crippen LogP contribution in [0.1, 0.15) is 6.92 Å². The smallest absolute Gasteiger partial charge is 0.323 e. The number of carbonyl (C=O) groups excluding carboxylic acids is 1. The van der Waals surface area contributed by atoms with Gasteiger partial charge in [-0.05, 0) is 19.1 Å². The van der Waals surface area contributed by atoms with Crippen molar-refractivity contribution in [2.24, 2.45) is 0 Å². The standard InChI is InChI=1S/C15H21N3O2/c1-3-12-20-15(19)13(2)17-8-10-18(11-9-17)14-6-4-5-7-16-14/h3-7,13H,1,8-12H2,2H3. The molecule has 0 spiro atoms. The van der Waals surface area contributed by atoms with E-state index in [-0.39, 0.29) is 18.6 Å². The fourth-order valence-corrected chi connectivity index (χ4v) is 2.29. The van der Waals surface area contributed by atoms with E-state index >= 15 is 0 Å². The first-order valence-electron chi connectivity index (χ1n) is 6.90. The molecule has 0 amide bonds. The van der Waals surface area contributed by atoms with Crippen LogP contribution >= 0.6 is 0 Å². The molecule has 1 aliphatic rings. The Balaban J connectivity index is 1.84. The van der Waals surface area contributed by atoms with Gasteiger partial charge in [0.25, 0.3) is 0 Å². The van der Waals surface area contributed by atoms with Crippen LogP contribution in [0.15, 0.2) is 37.1 Å². The van der Waals surface area contributed by atoms with Crippen molar-refractivity contribution in [1.29, 1.82) is 0 Å². The number of esters is 1. The monoisotopic (exact) mass is 275 g/mol. The number of nitrogens with zero attached hydrogens (tertiary/aromatic N) is 3. The van der Waals surface area contributed by atoms with Crippen LogP contribution < -0.4 is 4.90 Å². The van der Waals surface area contributed by atoms with Crippen LogP contribution in [0.25, 0.3) is 0 Å². The predicted octanol–water partition coefficient (Wildman–Crippen LogP) is 1.32. The van der Waals surface area contributed by atoms with Crippen LogP contribution in [-0.4, -0.2) is 54.7 Å². The molecule has 1 aromatic rings. The summed E-state index contributed by atoms with van der Waals surface area (Å²) in [7, 11) is 0. The maximum Gasteiger partial charge on any atom is 0.323 e. The number of rotatable bonds is 5. The van der Waals surface area contributed by atoms with Crippen molar-refractivity contribution in [3.05, 3.63) is 37.1 Å². The summed E-state index contributed by atoms with van der Waals surface area (Å²) in [5.41, 5.74) is 0. The largest absolute Gasteiger partial charge is 0.460 e. The van der Waals surface area contributed by atoms with Gasteiger partial charge in [0.05, 0.1) is 0 Å². The highest BCUT2D eigenvalue weighted by atomic mass is 16.5. The zero-order valence-electron chi connectivity index (χ0n) is 11.9. The summed E-state index contributed by atoms with van der Waals surface area (Å²) in [5, 5.41) is 0. The quantitative estimate of drug-likeness (QED) is 0.599. The molecule has 0 aliphatic carbocycles. The molecular formula is C15H21N3O2. The molecule has 0 N–H and O–H groups in total. The lowest BCUT2D eigenvalue weighted by molar-refractivity contribution is -0.148. The minimum absolute atomic E-state index is 0.184. The van der Waals surface area contributed by atoms with Crippen molar-refractivity contribution in [2.45, 2.75) is 13.0 Å². The highest BCUT2D eigenvalue weighted by Gasteiger charge is 2.26. The molecule has 2 rings (SSSR count). The summed E-state index contributed by atoms with van der Waals surface area (Å²) in [6.07, 6.45) is 3.39. The van der Waals surface area contributed by atoms with Gasteiger partial charge in [-0.3, -0.25) is 9.69 Å². The van der Waals surface area contributed by atoms with Gasteiger partial charge >= 0.3 is 5.97 Å². The molecule has 1 atom stereocenters. The fourth-order valence-electron chi connectivity index (χ4n) is 2.29. The van der Waals surface area contributed by atoms with Crippen LogP contribution in [0.3, 0.4) is 0 Å². The van der Waals surface area contributed by atoms with E-state index in [1.807, 2.05) is 25.1 Å². The fraction of sp³-hybridized carbons (Fsp3) is 0.467. The Hall–Kier alpha value is -1.88. The van der Waals surface area contributed by atoms with Crippen molar-refractivity contribution in [3.63, 3.8) is 0 Å². The number of anilines is 1. The van der Waals surface area contributed by atoms with Gasteiger partial charge in [0.2, 0.25) is 0 Å². The van der Waals surface area contributed by atoms with E-state index < -0.39 is 0 Å². The molecule has 1 aliphatic heterocycles. The zero-order chi connectivity index (χ0) is 14.4. The third-order valence-electron chi connectivity index (χ3n) is 3.52. The second kappa shape index (κ2) is 7.05. The third kappa shape index (κ3) is 3.57. The Labute approximate surface area is 119 Å². The number of hydrogen-bond donors (Lipinski definition) is 0. The Morgan fingerprint density at radius 2 is 2.20 bits per heavy atom. The second-order valence-corrected chi connectivity index (χ2v) is 4.81. The van der Waals surface area contributed by atoms with Gasteiger partial charge in [0.15, 0.2) is 0 Å². The van der Waals surface area contributed by atoms with E-state index in [9.17, 15) is 4.79 Å². The third-order valence-corrected chi connectivity index (χ3v) is 3.52. The molecule has 1 fully saturated rings. The molecule has 2 heterocycles. The summed E-state index contributed by atoms with van der Waals surface area (Å²) in [4.78, 5) is 20.5. The molecule has 108 valence electrons. The van der Waals surface area contributed by atoms with E-state index in [1.165, 1.54) is 0 Å². The molecule has 5 nitrogen and oxygen atoms in total. The molecule has 0 bridgehead atoms. The molecule has 1 aromatic heterocycles. The van der Waals surface area contributed by atoms with Crippen molar-refractivity contribution < 1.29 is 9.53 Å². The van der Waals surface area contributed by atoms with Gasteiger partial charge in [-0.2, -0.15) is 0 Å². The Morgan fingerprint density at radius 1 is 1.45 bits per heavy atom. The summed E-state index contributed by atoms with van der Waals surface area (Å²) in [5.74, 6) is 0.810. The maximum atomic E-state index is 11.8. The second-order valence-electron chi connectivity index (χ2n) is 4.81. The molecular weight excluding hydrogens is 254 g/mol. The number of ether oxygens (including phenoxy) is 1. The highest BCUT2D eigenvalue weighted by molar-refractivity contribution is 5.75. The molecule has 20 heavy (non-hydrogen) atoms. The van der Waals surface area contributed by atoms with Crippen molar-refractivity contribution in [2.75, 3.05) is 37.7 Å². The van der Waals surface area contributed by atoms with Gasteiger partial charge in [0, 0.05) is 32.4 Å². The first-order valence-corrected chi connectivity index (χ1v) is 6.90. The van der Waals surface area contributed by atoms with E-state index in [4.69, 9.17) is 4.74 Å². The summed E-state index contributed by atoms with van der Waals surface area (Å²) >= 11 is 0. The van der Waals surface area contributed by atoms with E-state index in [2.05, 4.69) is 21.4 Å². The molecule has 1 saturated heterocycles. The summed E-state index contributed by atoms with van der Waals surface area (Å²) in [6, 6.07) is 5.71. The average Bonchev–Trinajstić information content (AvgIpc) is 2.53. The number of piperazine rings is 1. The number of carbonyl (C=O) groups is 1. The molecule has 0 aromatic carbocycles. The number of aromatic nitrogens is 1. The molecule has 0 saturated carbocycles. The van der Waals surface area contributed by atoms with Crippen LogP contribution in [0.4, 0.5) is 5.82 Å². The summed E-state index contributed by atoms with van der Waals surface area (Å²) in [6.45, 7) is 9.12. The van der Waals surface area contributed by atoms with Crippen molar-refractivity contribution in [1.82, 2.24) is 9.88 Å². The maximum absolute atomic E-state index is 11.8. The highest BCUT2D eigenvalue weighted by Crippen LogP contribution is 2.14. The minimum atomic E-state index is -0.208. The van der Waals surface area contributed by atoms with Gasteiger partial charge in [-0.1, -0.05) is 18.7 Å².